The maximum absolute atomic E-state index is 13.3. The molecule has 176 valence electrons. The molecule has 2 aliphatic rings. The summed E-state index contributed by atoms with van der Waals surface area (Å²) in [4.78, 5) is 41.8. The van der Waals surface area contributed by atoms with E-state index in [1.807, 2.05) is 39.0 Å². The molecule has 0 bridgehead atoms. The van der Waals surface area contributed by atoms with Crippen LogP contribution >= 0.6 is 11.6 Å². The van der Waals surface area contributed by atoms with Gasteiger partial charge in [-0.3, -0.25) is 14.9 Å². The summed E-state index contributed by atoms with van der Waals surface area (Å²) in [5.74, 6) is -1.43. The molecule has 0 spiro atoms. The maximum Gasteiger partial charge on any atom is 0.335 e. The summed E-state index contributed by atoms with van der Waals surface area (Å²) in [6.45, 7) is 13.0. The third-order valence-electron chi connectivity index (χ3n) is 6.28. The third-order valence-corrected chi connectivity index (χ3v) is 6.61. The molecular weight excluding hydrogens is 450 g/mol. The van der Waals surface area contributed by atoms with Crippen molar-refractivity contribution in [2.45, 2.75) is 47.1 Å². The van der Waals surface area contributed by atoms with Crippen LogP contribution in [0.5, 0.6) is 0 Å². The summed E-state index contributed by atoms with van der Waals surface area (Å²) in [6, 6.07) is 8.42. The number of nitrogens with one attached hydrogen (secondary N) is 1. The average Bonchev–Trinajstić information content (AvgIpc) is 2.70. The van der Waals surface area contributed by atoms with Crippen molar-refractivity contribution in [3.63, 3.8) is 0 Å². The van der Waals surface area contributed by atoms with E-state index in [2.05, 4.69) is 37.1 Å². The van der Waals surface area contributed by atoms with E-state index in [4.69, 9.17) is 11.6 Å². The average molecular weight is 478 g/mol. The number of allylic oxidation sites excluding steroid dienone is 1. The topological polar surface area (TPSA) is 69.7 Å². The molecule has 2 aromatic rings. The van der Waals surface area contributed by atoms with Gasteiger partial charge in [0.05, 0.1) is 11.2 Å². The first-order valence-corrected chi connectivity index (χ1v) is 11.6. The number of fused-ring (bicyclic) bond motifs is 1. The van der Waals surface area contributed by atoms with E-state index < -0.39 is 17.8 Å². The number of urea groups is 1. The molecule has 34 heavy (non-hydrogen) atoms. The highest BCUT2D eigenvalue weighted by Crippen LogP contribution is 2.41. The first-order chi connectivity index (χ1) is 15.9. The number of hydrogen-bond donors (Lipinski definition) is 1. The first-order valence-electron chi connectivity index (χ1n) is 11.2. The smallest absolute Gasteiger partial charge is 0.335 e. The molecule has 6 nitrogen and oxygen atoms in total. The van der Waals surface area contributed by atoms with Gasteiger partial charge in [-0.15, -0.1) is 0 Å². The van der Waals surface area contributed by atoms with E-state index in [-0.39, 0.29) is 11.1 Å². The lowest BCUT2D eigenvalue weighted by atomic mass is 9.87. The Hall–Kier alpha value is -3.38. The molecule has 2 aliphatic heterocycles. The van der Waals surface area contributed by atoms with Gasteiger partial charge in [-0.2, -0.15) is 0 Å². The number of rotatable bonds is 3. The van der Waals surface area contributed by atoms with E-state index >= 15 is 0 Å². The summed E-state index contributed by atoms with van der Waals surface area (Å²) in [7, 11) is 0. The molecule has 0 aromatic heterocycles. The quantitative estimate of drug-likeness (QED) is 0.458. The Kier molecular flexibility index (Phi) is 5.90. The van der Waals surface area contributed by atoms with Crippen molar-refractivity contribution in [3.05, 3.63) is 69.3 Å². The lowest BCUT2D eigenvalue weighted by Gasteiger charge is -2.43. The van der Waals surface area contributed by atoms with Gasteiger partial charge in [0.1, 0.15) is 5.57 Å². The minimum absolute atomic E-state index is 0.147. The molecule has 0 aliphatic carbocycles. The minimum atomic E-state index is -0.770. The second kappa shape index (κ2) is 8.44. The number of barbiturate groups is 1. The van der Waals surface area contributed by atoms with Crippen LogP contribution in [0.1, 0.15) is 49.9 Å². The summed E-state index contributed by atoms with van der Waals surface area (Å²) >= 11 is 6.65. The van der Waals surface area contributed by atoms with Gasteiger partial charge in [-0.1, -0.05) is 23.7 Å². The van der Waals surface area contributed by atoms with Crippen LogP contribution in [-0.2, 0) is 9.59 Å². The Bertz CT molecular complexity index is 1290. The van der Waals surface area contributed by atoms with Gasteiger partial charge < -0.3 is 4.90 Å². The second-order valence-electron chi connectivity index (χ2n) is 9.42. The molecule has 1 saturated heterocycles. The number of anilines is 2. The maximum atomic E-state index is 13.3. The van der Waals surface area contributed by atoms with Gasteiger partial charge in [0, 0.05) is 22.8 Å². The molecule has 7 heteroatoms. The van der Waals surface area contributed by atoms with Crippen molar-refractivity contribution in [2.24, 2.45) is 0 Å². The largest absolute Gasteiger partial charge is 0.363 e. The number of amides is 4. The highest BCUT2D eigenvalue weighted by Gasteiger charge is 2.37. The van der Waals surface area contributed by atoms with Crippen LogP contribution in [0.3, 0.4) is 0 Å². The van der Waals surface area contributed by atoms with Gasteiger partial charge in [0.25, 0.3) is 11.8 Å². The number of nitrogens with zero attached hydrogens (tertiary/aromatic N) is 2. The fourth-order valence-corrected chi connectivity index (χ4v) is 5.14. The zero-order chi connectivity index (χ0) is 24.9. The van der Waals surface area contributed by atoms with Crippen LogP contribution in [0.25, 0.3) is 11.6 Å². The number of hydrogen-bond acceptors (Lipinski definition) is 4. The van der Waals surface area contributed by atoms with Crippen LogP contribution in [0, 0.1) is 13.8 Å². The van der Waals surface area contributed by atoms with E-state index in [9.17, 15) is 14.4 Å². The van der Waals surface area contributed by atoms with Crippen molar-refractivity contribution in [3.8, 4) is 0 Å². The highest BCUT2D eigenvalue weighted by atomic mass is 35.5. The number of likely N-dealkylation sites (N-methyl/N-ethyl adjacent to an activating group) is 1. The number of imide groups is 2. The zero-order valence-corrected chi connectivity index (χ0v) is 21.0. The number of halogens is 1. The fourth-order valence-electron chi connectivity index (χ4n) is 4.93. The molecule has 0 saturated carbocycles. The summed E-state index contributed by atoms with van der Waals surface area (Å²) in [5.41, 5.74) is 5.53. The number of carbonyl (C=O) groups excluding carboxylic acids is 3. The minimum Gasteiger partial charge on any atom is -0.363 e. The van der Waals surface area contributed by atoms with E-state index in [0.717, 1.165) is 39.4 Å². The van der Waals surface area contributed by atoms with Crippen molar-refractivity contribution in [1.29, 1.82) is 0 Å². The molecule has 0 radical (unpaired) electrons. The van der Waals surface area contributed by atoms with Crippen LogP contribution < -0.4 is 15.1 Å². The summed E-state index contributed by atoms with van der Waals surface area (Å²) < 4.78 is 0. The molecule has 1 N–H and O–H groups in total. The molecule has 1 fully saturated rings. The van der Waals surface area contributed by atoms with Crippen LogP contribution in [0.2, 0.25) is 5.02 Å². The van der Waals surface area contributed by atoms with Crippen LogP contribution in [0.4, 0.5) is 16.2 Å². The predicted molar refractivity (Wildman–Crippen MR) is 137 cm³/mol. The zero-order valence-electron chi connectivity index (χ0n) is 20.2. The van der Waals surface area contributed by atoms with E-state index in [1.165, 1.54) is 6.08 Å². The molecule has 4 rings (SSSR count). The molecule has 0 unspecified atom stereocenters. The molecular formula is C27H28ClN3O3. The Morgan fingerprint density at radius 2 is 1.65 bits per heavy atom. The van der Waals surface area contributed by atoms with Gasteiger partial charge in [-0.25, -0.2) is 9.69 Å². The lowest BCUT2D eigenvalue weighted by Crippen LogP contribution is -2.54. The Labute approximate surface area is 204 Å². The van der Waals surface area contributed by atoms with E-state index in [1.54, 1.807) is 12.1 Å². The standard InChI is InChI=1S/C27H28ClN3O3/c1-7-30-23-13-22(28)18(11-20(23)17(4)14-27(30,5)6)12-21-24(32)29-26(34)31(25(21)33)19-9-15(2)8-16(3)10-19/h8-14H,7H2,1-6H3,(H,29,32,34)/b21-12-. The highest BCUT2D eigenvalue weighted by molar-refractivity contribution is 6.40. The summed E-state index contributed by atoms with van der Waals surface area (Å²) in [5, 5.41) is 2.70. The Balaban J connectivity index is 1.81. The van der Waals surface area contributed by atoms with Crippen molar-refractivity contribution in [2.75, 3.05) is 16.3 Å². The first kappa shape index (κ1) is 23.8. The van der Waals surface area contributed by atoms with Gasteiger partial charge in [0.2, 0.25) is 0 Å². The van der Waals surface area contributed by atoms with Crippen molar-refractivity contribution < 1.29 is 14.4 Å². The molecule has 2 heterocycles. The number of carbonyl (C=O) groups is 3. The van der Waals surface area contributed by atoms with Crippen LogP contribution in [-0.4, -0.2) is 29.9 Å². The summed E-state index contributed by atoms with van der Waals surface area (Å²) in [6.07, 6.45) is 3.66. The van der Waals surface area contributed by atoms with Crippen molar-refractivity contribution in [1.82, 2.24) is 5.32 Å². The SMILES string of the molecule is CCN1c2cc(Cl)c(/C=C3/C(=O)NC(=O)N(c4cc(C)cc(C)c4)C3=O)cc2C(C)=CC1(C)C. The van der Waals surface area contributed by atoms with Crippen molar-refractivity contribution >= 4 is 52.5 Å². The van der Waals surface area contributed by atoms with Gasteiger partial charge >= 0.3 is 6.03 Å². The second-order valence-corrected chi connectivity index (χ2v) is 9.83. The fraction of sp³-hybridized carbons (Fsp3) is 0.296. The predicted octanol–water partition coefficient (Wildman–Crippen LogP) is 5.65. The third kappa shape index (κ3) is 4.03. The van der Waals surface area contributed by atoms with Crippen LogP contribution in [0.15, 0.2) is 42.0 Å². The Morgan fingerprint density at radius 1 is 1.00 bits per heavy atom. The number of aryl methyl sites for hydroxylation is 2. The monoisotopic (exact) mass is 477 g/mol. The molecule has 0 atom stereocenters. The van der Waals surface area contributed by atoms with E-state index in [0.29, 0.717) is 16.3 Å². The molecule has 4 amide bonds. The number of benzene rings is 2. The normalized spacial score (nSPS) is 18.7. The Morgan fingerprint density at radius 3 is 2.26 bits per heavy atom. The van der Waals surface area contributed by atoms with Gasteiger partial charge in [-0.05, 0) is 94.1 Å². The molecule has 2 aromatic carbocycles. The van der Waals surface area contributed by atoms with Gasteiger partial charge in [0.15, 0.2) is 0 Å². The lowest BCUT2D eigenvalue weighted by molar-refractivity contribution is -0.122.